The van der Waals surface area contributed by atoms with E-state index < -0.39 is 0 Å². The Hall–Kier alpha value is -2.50. The Morgan fingerprint density at radius 1 is 1.14 bits per heavy atom. The van der Waals surface area contributed by atoms with E-state index in [-0.39, 0.29) is 18.5 Å². The molecule has 2 aromatic rings. The molecule has 0 unspecified atom stereocenters. The van der Waals surface area contributed by atoms with Gasteiger partial charge >= 0.3 is 6.03 Å². The number of nitrogens with one attached hydrogen (secondary N) is 3. The topological polar surface area (TPSA) is 77.2 Å². The highest BCUT2D eigenvalue weighted by molar-refractivity contribution is 5.84. The molecule has 1 aromatic carbocycles. The number of fused-ring (bicyclic) bond motifs is 1. The number of likely N-dealkylation sites (N-methyl/N-ethyl adjacent to an activating group) is 1. The fourth-order valence-electron chi connectivity index (χ4n) is 2.31. The van der Waals surface area contributed by atoms with Crippen molar-refractivity contribution in [2.24, 2.45) is 0 Å². The molecule has 0 atom stereocenters. The van der Waals surface area contributed by atoms with Gasteiger partial charge in [-0.2, -0.15) is 0 Å². The first-order chi connectivity index (χ1) is 10.6. The number of hydrogen-bond donors (Lipinski definition) is 3. The summed E-state index contributed by atoms with van der Waals surface area (Å²) >= 11 is 0. The Bertz CT molecular complexity index is 613. The van der Waals surface area contributed by atoms with E-state index in [0.29, 0.717) is 19.6 Å². The van der Waals surface area contributed by atoms with Crippen molar-refractivity contribution in [3.63, 3.8) is 0 Å². The normalized spacial score (nSPS) is 10.5. The molecule has 1 aromatic heterocycles. The molecular formula is C16H22N4O2. The molecule has 0 spiro atoms. The molecule has 3 amide bonds. The summed E-state index contributed by atoms with van der Waals surface area (Å²) in [4.78, 5) is 28.4. The van der Waals surface area contributed by atoms with Crippen molar-refractivity contribution in [3.05, 3.63) is 36.0 Å². The molecule has 6 nitrogen and oxygen atoms in total. The second kappa shape index (κ2) is 7.49. The van der Waals surface area contributed by atoms with Crippen LogP contribution in [0.1, 0.15) is 19.5 Å². The van der Waals surface area contributed by atoms with Gasteiger partial charge in [-0.15, -0.1) is 0 Å². The Morgan fingerprint density at radius 3 is 2.55 bits per heavy atom. The fraction of sp³-hybridized carbons (Fsp3) is 0.375. The standard InChI is InChI=1S/C16H22N4O2/c1-3-20(4-2)15(21)11-18-16(22)17-10-13-9-12-7-5-6-8-14(12)19-13/h5-9,19H,3-4,10-11H2,1-2H3,(H2,17,18,22). The van der Waals surface area contributed by atoms with Gasteiger partial charge in [0.05, 0.1) is 13.1 Å². The zero-order valence-electron chi connectivity index (χ0n) is 13.0. The number of carbonyl (C=O) groups excluding carboxylic acids is 2. The van der Waals surface area contributed by atoms with Gasteiger partial charge in [-0.3, -0.25) is 4.79 Å². The number of aromatic amines is 1. The molecule has 0 aliphatic heterocycles. The second-order valence-corrected chi connectivity index (χ2v) is 4.98. The van der Waals surface area contributed by atoms with E-state index in [1.807, 2.05) is 44.2 Å². The number of carbonyl (C=O) groups is 2. The number of amides is 3. The smallest absolute Gasteiger partial charge is 0.315 e. The summed E-state index contributed by atoms with van der Waals surface area (Å²) in [6.45, 7) is 5.52. The van der Waals surface area contributed by atoms with Gasteiger partial charge in [0, 0.05) is 24.3 Å². The van der Waals surface area contributed by atoms with Crippen LogP contribution in [0.15, 0.2) is 30.3 Å². The van der Waals surface area contributed by atoms with Crippen LogP contribution in [0.4, 0.5) is 4.79 Å². The maximum absolute atomic E-state index is 11.8. The van der Waals surface area contributed by atoms with Crippen molar-refractivity contribution in [2.45, 2.75) is 20.4 Å². The van der Waals surface area contributed by atoms with Crippen LogP contribution in [-0.4, -0.2) is 41.5 Å². The third-order valence-corrected chi connectivity index (χ3v) is 3.54. The molecule has 0 bridgehead atoms. The minimum atomic E-state index is -0.348. The van der Waals surface area contributed by atoms with Crippen LogP contribution in [0, 0.1) is 0 Å². The largest absolute Gasteiger partial charge is 0.357 e. The molecule has 3 N–H and O–H groups in total. The molecule has 0 aliphatic rings. The summed E-state index contributed by atoms with van der Waals surface area (Å²) in [6, 6.07) is 9.58. The summed E-state index contributed by atoms with van der Waals surface area (Å²) in [5.74, 6) is -0.0780. The molecule has 1 heterocycles. The number of H-pyrrole nitrogens is 1. The van der Waals surface area contributed by atoms with Gasteiger partial charge in [0.25, 0.3) is 0 Å². The highest BCUT2D eigenvalue weighted by Crippen LogP contribution is 2.14. The predicted molar refractivity (Wildman–Crippen MR) is 86.5 cm³/mol. The summed E-state index contributed by atoms with van der Waals surface area (Å²) in [5.41, 5.74) is 1.96. The summed E-state index contributed by atoms with van der Waals surface area (Å²) in [7, 11) is 0. The van der Waals surface area contributed by atoms with Gasteiger partial charge in [0.1, 0.15) is 0 Å². The number of para-hydroxylation sites is 1. The van der Waals surface area contributed by atoms with Crippen LogP contribution >= 0.6 is 0 Å². The quantitative estimate of drug-likeness (QED) is 0.761. The van der Waals surface area contributed by atoms with Crippen LogP contribution < -0.4 is 10.6 Å². The first kappa shape index (κ1) is 15.9. The van der Waals surface area contributed by atoms with Gasteiger partial charge < -0.3 is 20.5 Å². The molecule has 22 heavy (non-hydrogen) atoms. The Labute approximate surface area is 129 Å². The Kier molecular flexibility index (Phi) is 5.41. The second-order valence-electron chi connectivity index (χ2n) is 4.98. The van der Waals surface area contributed by atoms with Crippen LogP contribution in [0.3, 0.4) is 0 Å². The van der Waals surface area contributed by atoms with E-state index in [2.05, 4.69) is 15.6 Å². The molecule has 6 heteroatoms. The zero-order valence-corrected chi connectivity index (χ0v) is 13.0. The number of benzene rings is 1. The number of aromatic nitrogens is 1. The monoisotopic (exact) mass is 302 g/mol. The van der Waals surface area contributed by atoms with Crippen LogP contribution in [0.5, 0.6) is 0 Å². The first-order valence-corrected chi connectivity index (χ1v) is 7.50. The van der Waals surface area contributed by atoms with Crippen molar-refractivity contribution >= 4 is 22.8 Å². The van der Waals surface area contributed by atoms with Crippen LogP contribution in [0.25, 0.3) is 10.9 Å². The van der Waals surface area contributed by atoms with Gasteiger partial charge in [0.15, 0.2) is 0 Å². The van der Waals surface area contributed by atoms with Crippen molar-refractivity contribution in [3.8, 4) is 0 Å². The van der Waals surface area contributed by atoms with Gasteiger partial charge in [0.2, 0.25) is 5.91 Å². The van der Waals surface area contributed by atoms with E-state index in [9.17, 15) is 9.59 Å². The third kappa shape index (κ3) is 4.00. The fourth-order valence-corrected chi connectivity index (χ4v) is 2.31. The Morgan fingerprint density at radius 2 is 1.86 bits per heavy atom. The predicted octanol–water partition coefficient (Wildman–Crippen LogP) is 1.84. The maximum Gasteiger partial charge on any atom is 0.315 e. The van der Waals surface area contributed by atoms with Gasteiger partial charge in [-0.25, -0.2) is 4.79 Å². The van der Waals surface area contributed by atoms with E-state index in [4.69, 9.17) is 0 Å². The first-order valence-electron chi connectivity index (χ1n) is 7.50. The van der Waals surface area contributed by atoms with E-state index in [0.717, 1.165) is 16.6 Å². The minimum Gasteiger partial charge on any atom is -0.357 e. The number of nitrogens with zero attached hydrogens (tertiary/aromatic N) is 1. The lowest BCUT2D eigenvalue weighted by Gasteiger charge is -2.18. The summed E-state index contributed by atoms with van der Waals surface area (Å²) < 4.78 is 0. The van der Waals surface area contributed by atoms with Crippen LogP contribution in [-0.2, 0) is 11.3 Å². The molecular weight excluding hydrogens is 280 g/mol. The third-order valence-electron chi connectivity index (χ3n) is 3.54. The minimum absolute atomic E-state index is 0.0141. The SMILES string of the molecule is CCN(CC)C(=O)CNC(=O)NCc1cc2ccccc2[nH]1. The number of rotatable bonds is 6. The van der Waals surface area contributed by atoms with Crippen molar-refractivity contribution < 1.29 is 9.59 Å². The average molecular weight is 302 g/mol. The highest BCUT2D eigenvalue weighted by Gasteiger charge is 2.10. The summed E-state index contributed by atoms with van der Waals surface area (Å²) in [5, 5.41) is 6.43. The van der Waals surface area contributed by atoms with E-state index in [1.165, 1.54) is 0 Å². The maximum atomic E-state index is 11.8. The molecule has 118 valence electrons. The molecule has 2 rings (SSSR count). The molecule has 0 saturated carbocycles. The lowest BCUT2D eigenvalue weighted by atomic mass is 10.2. The van der Waals surface area contributed by atoms with Gasteiger partial charge in [-0.05, 0) is 31.4 Å². The van der Waals surface area contributed by atoms with Crippen molar-refractivity contribution in [1.82, 2.24) is 20.5 Å². The molecule has 0 saturated heterocycles. The highest BCUT2D eigenvalue weighted by atomic mass is 16.2. The number of urea groups is 1. The number of hydrogen-bond acceptors (Lipinski definition) is 2. The summed E-state index contributed by atoms with van der Waals surface area (Å²) in [6.07, 6.45) is 0. The van der Waals surface area contributed by atoms with E-state index >= 15 is 0 Å². The molecule has 0 aliphatic carbocycles. The van der Waals surface area contributed by atoms with E-state index in [1.54, 1.807) is 4.90 Å². The van der Waals surface area contributed by atoms with Crippen LogP contribution in [0.2, 0.25) is 0 Å². The zero-order chi connectivity index (χ0) is 15.9. The molecule has 0 radical (unpaired) electrons. The Balaban J connectivity index is 1.79. The molecule has 0 fully saturated rings. The van der Waals surface area contributed by atoms with Crippen molar-refractivity contribution in [2.75, 3.05) is 19.6 Å². The lowest BCUT2D eigenvalue weighted by molar-refractivity contribution is -0.129. The van der Waals surface area contributed by atoms with Gasteiger partial charge in [-0.1, -0.05) is 18.2 Å². The average Bonchev–Trinajstić information content (AvgIpc) is 2.95. The lowest BCUT2D eigenvalue weighted by Crippen LogP contribution is -2.43. The van der Waals surface area contributed by atoms with Crippen molar-refractivity contribution in [1.29, 1.82) is 0 Å².